The van der Waals surface area contributed by atoms with E-state index in [0.29, 0.717) is 0 Å². The van der Waals surface area contributed by atoms with Crippen LogP contribution in [-0.2, 0) is 0 Å². The Bertz CT molecular complexity index is 350. The van der Waals surface area contributed by atoms with Gasteiger partial charge in [0.2, 0.25) is 0 Å². The SMILES string of the molecule is CNCC(CO)c1cc(C)cc(C)c1OC. The second-order valence-electron chi connectivity index (χ2n) is 4.14. The van der Waals surface area contributed by atoms with E-state index in [4.69, 9.17) is 4.74 Å². The van der Waals surface area contributed by atoms with Crippen LogP contribution in [0.5, 0.6) is 5.75 Å². The molecule has 0 fully saturated rings. The average molecular weight is 223 g/mol. The third-order valence-corrected chi connectivity index (χ3v) is 2.76. The maximum atomic E-state index is 9.42. The molecule has 0 saturated heterocycles. The van der Waals surface area contributed by atoms with E-state index in [2.05, 4.69) is 24.4 Å². The lowest BCUT2D eigenvalue weighted by atomic mass is 9.94. The summed E-state index contributed by atoms with van der Waals surface area (Å²) >= 11 is 0. The summed E-state index contributed by atoms with van der Waals surface area (Å²) in [5.41, 5.74) is 3.40. The normalized spacial score (nSPS) is 12.6. The van der Waals surface area contributed by atoms with Crippen molar-refractivity contribution in [2.75, 3.05) is 27.3 Å². The third kappa shape index (κ3) is 2.74. The van der Waals surface area contributed by atoms with Gasteiger partial charge in [-0.2, -0.15) is 0 Å². The highest BCUT2D eigenvalue weighted by atomic mass is 16.5. The van der Waals surface area contributed by atoms with Crippen molar-refractivity contribution < 1.29 is 9.84 Å². The molecule has 1 aromatic rings. The first kappa shape index (κ1) is 13.0. The minimum atomic E-state index is 0.0820. The van der Waals surface area contributed by atoms with Crippen LogP contribution in [0.15, 0.2) is 12.1 Å². The number of aliphatic hydroxyl groups is 1. The second kappa shape index (κ2) is 5.87. The first-order valence-electron chi connectivity index (χ1n) is 5.54. The van der Waals surface area contributed by atoms with E-state index in [-0.39, 0.29) is 12.5 Å². The number of rotatable bonds is 5. The molecule has 1 aromatic carbocycles. The van der Waals surface area contributed by atoms with Crippen molar-refractivity contribution in [3.05, 3.63) is 28.8 Å². The summed E-state index contributed by atoms with van der Waals surface area (Å²) < 4.78 is 5.42. The van der Waals surface area contributed by atoms with Gasteiger partial charge in [-0.05, 0) is 26.5 Å². The summed E-state index contributed by atoms with van der Waals surface area (Å²) in [7, 11) is 3.56. The molecule has 0 aliphatic carbocycles. The lowest BCUT2D eigenvalue weighted by Gasteiger charge is -2.19. The van der Waals surface area contributed by atoms with E-state index in [1.54, 1.807) is 7.11 Å². The van der Waals surface area contributed by atoms with Crippen molar-refractivity contribution in [2.24, 2.45) is 0 Å². The Hall–Kier alpha value is -1.06. The van der Waals surface area contributed by atoms with Crippen LogP contribution in [0, 0.1) is 13.8 Å². The number of methoxy groups -OCH3 is 1. The monoisotopic (exact) mass is 223 g/mol. The number of likely N-dealkylation sites (N-methyl/N-ethyl adjacent to an activating group) is 1. The van der Waals surface area contributed by atoms with Gasteiger partial charge in [-0.1, -0.05) is 17.7 Å². The Morgan fingerprint density at radius 3 is 2.56 bits per heavy atom. The summed E-state index contributed by atoms with van der Waals surface area (Å²) in [6.07, 6.45) is 0. The molecule has 0 bridgehead atoms. The van der Waals surface area contributed by atoms with Crippen LogP contribution in [0.2, 0.25) is 0 Å². The largest absolute Gasteiger partial charge is 0.496 e. The van der Waals surface area contributed by atoms with E-state index in [1.807, 2.05) is 14.0 Å². The van der Waals surface area contributed by atoms with E-state index in [1.165, 1.54) is 5.56 Å². The predicted octanol–water partition coefficient (Wildman–Crippen LogP) is 1.61. The maximum Gasteiger partial charge on any atom is 0.125 e. The Morgan fingerprint density at radius 2 is 2.06 bits per heavy atom. The van der Waals surface area contributed by atoms with E-state index in [9.17, 15) is 5.11 Å². The summed E-state index contributed by atoms with van der Waals surface area (Å²) in [6.45, 7) is 4.96. The van der Waals surface area contributed by atoms with Crippen LogP contribution in [0.1, 0.15) is 22.6 Å². The van der Waals surface area contributed by atoms with Crippen LogP contribution in [0.25, 0.3) is 0 Å². The molecule has 0 aliphatic heterocycles. The topological polar surface area (TPSA) is 41.5 Å². The van der Waals surface area contributed by atoms with E-state index < -0.39 is 0 Å². The third-order valence-electron chi connectivity index (χ3n) is 2.76. The molecule has 1 unspecified atom stereocenters. The first-order chi connectivity index (χ1) is 7.63. The zero-order valence-corrected chi connectivity index (χ0v) is 10.5. The summed E-state index contributed by atoms with van der Waals surface area (Å²) in [4.78, 5) is 0. The molecule has 0 aromatic heterocycles. The van der Waals surface area contributed by atoms with Crippen LogP contribution in [0.4, 0.5) is 0 Å². The highest BCUT2D eigenvalue weighted by Crippen LogP contribution is 2.30. The van der Waals surface area contributed by atoms with Crippen LogP contribution in [-0.4, -0.2) is 32.4 Å². The van der Waals surface area contributed by atoms with Gasteiger partial charge in [0.1, 0.15) is 5.75 Å². The highest BCUT2D eigenvalue weighted by molar-refractivity contribution is 5.46. The zero-order chi connectivity index (χ0) is 12.1. The molecule has 90 valence electrons. The molecule has 16 heavy (non-hydrogen) atoms. The predicted molar refractivity (Wildman–Crippen MR) is 66.2 cm³/mol. The molecule has 1 atom stereocenters. The smallest absolute Gasteiger partial charge is 0.125 e. The average Bonchev–Trinajstić information content (AvgIpc) is 2.25. The Labute approximate surface area is 97.4 Å². The first-order valence-corrected chi connectivity index (χ1v) is 5.54. The van der Waals surface area contributed by atoms with Crippen molar-refractivity contribution >= 4 is 0 Å². The van der Waals surface area contributed by atoms with Gasteiger partial charge < -0.3 is 15.2 Å². The van der Waals surface area contributed by atoms with Gasteiger partial charge in [-0.25, -0.2) is 0 Å². The van der Waals surface area contributed by atoms with Gasteiger partial charge in [0.25, 0.3) is 0 Å². The molecule has 3 nitrogen and oxygen atoms in total. The number of ether oxygens (including phenoxy) is 1. The van der Waals surface area contributed by atoms with Crippen molar-refractivity contribution in [1.82, 2.24) is 5.32 Å². The quantitative estimate of drug-likeness (QED) is 0.797. The number of nitrogens with one attached hydrogen (secondary N) is 1. The van der Waals surface area contributed by atoms with Gasteiger partial charge in [-0.3, -0.25) is 0 Å². The number of aliphatic hydroxyl groups excluding tert-OH is 1. The van der Waals surface area contributed by atoms with Gasteiger partial charge in [0, 0.05) is 18.0 Å². The molecule has 2 N–H and O–H groups in total. The number of aryl methyl sites for hydroxylation is 2. The molecule has 1 rings (SSSR count). The minimum Gasteiger partial charge on any atom is -0.496 e. The molecule has 0 aliphatic rings. The summed E-state index contributed by atoms with van der Waals surface area (Å²) in [5.74, 6) is 0.971. The summed E-state index contributed by atoms with van der Waals surface area (Å²) in [6, 6.07) is 4.18. The van der Waals surface area contributed by atoms with Crippen LogP contribution < -0.4 is 10.1 Å². The molecule has 0 saturated carbocycles. The summed E-state index contributed by atoms with van der Waals surface area (Å²) in [5, 5.41) is 12.5. The Balaban J connectivity index is 3.17. The molecule has 0 amide bonds. The Kier molecular flexibility index (Phi) is 4.77. The fraction of sp³-hybridized carbons (Fsp3) is 0.538. The molecule has 0 radical (unpaired) electrons. The van der Waals surface area contributed by atoms with Crippen LogP contribution >= 0.6 is 0 Å². The zero-order valence-electron chi connectivity index (χ0n) is 10.5. The standard InChI is InChI=1S/C13H21NO2/c1-9-5-10(2)13(16-4)12(6-9)11(8-15)7-14-3/h5-6,11,14-15H,7-8H2,1-4H3. The second-order valence-corrected chi connectivity index (χ2v) is 4.14. The molecular formula is C13H21NO2. The van der Waals surface area contributed by atoms with Crippen LogP contribution in [0.3, 0.4) is 0 Å². The van der Waals surface area contributed by atoms with Gasteiger partial charge in [0.05, 0.1) is 13.7 Å². The van der Waals surface area contributed by atoms with Gasteiger partial charge >= 0.3 is 0 Å². The molecular weight excluding hydrogens is 202 g/mol. The fourth-order valence-electron chi connectivity index (χ4n) is 2.09. The van der Waals surface area contributed by atoms with Gasteiger partial charge in [0.15, 0.2) is 0 Å². The van der Waals surface area contributed by atoms with Crippen molar-refractivity contribution in [2.45, 2.75) is 19.8 Å². The van der Waals surface area contributed by atoms with E-state index >= 15 is 0 Å². The number of benzene rings is 1. The number of hydrogen-bond acceptors (Lipinski definition) is 3. The lowest BCUT2D eigenvalue weighted by molar-refractivity contribution is 0.260. The maximum absolute atomic E-state index is 9.42. The number of hydrogen-bond donors (Lipinski definition) is 2. The minimum absolute atomic E-state index is 0.0820. The van der Waals surface area contributed by atoms with E-state index in [0.717, 1.165) is 23.4 Å². The highest BCUT2D eigenvalue weighted by Gasteiger charge is 2.16. The van der Waals surface area contributed by atoms with Crippen molar-refractivity contribution in [3.63, 3.8) is 0 Å². The van der Waals surface area contributed by atoms with Crippen molar-refractivity contribution in [3.8, 4) is 5.75 Å². The molecule has 0 spiro atoms. The lowest BCUT2D eigenvalue weighted by Crippen LogP contribution is -2.21. The molecule has 0 heterocycles. The fourth-order valence-corrected chi connectivity index (χ4v) is 2.09. The van der Waals surface area contributed by atoms with Crippen molar-refractivity contribution in [1.29, 1.82) is 0 Å². The molecule has 3 heteroatoms. The van der Waals surface area contributed by atoms with Gasteiger partial charge in [-0.15, -0.1) is 0 Å². The Morgan fingerprint density at radius 1 is 1.38 bits per heavy atom.